The lowest BCUT2D eigenvalue weighted by Crippen LogP contribution is -2.29. The van der Waals surface area contributed by atoms with Crippen molar-refractivity contribution in [3.05, 3.63) is 95.1 Å². The Bertz CT molecular complexity index is 1540. The van der Waals surface area contributed by atoms with Crippen LogP contribution in [0.4, 0.5) is 0 Å². The number of benzene rings is 2. The number of aliphatic hydroxyl groups is 1. The van der Waals surface area contributed by atoms with Gasteiger partial charge in [0.1, 0.15) is 17.3 Å². The lowest BCUT2D eigenvalue weighted by molar-refractivity contribution is -0.140. The van der Waals surface area contributed by atoms with E-state index in [4.69, 9.17) is 9.15 Å². The van der Waals surface area contributed by atoms with E-state index < -0.39 is 17.7 Å². The van der Waals surface area contributed by atoms with Crippen LogP contribution in [0.3, 0.4) is 0 Å². The Morgan fingerprint density at radius 1 is 1.08 bits per heavy atom. The average Bonchev–Trinajstić information content (AvgIpc) is 3.57. The molecule has 2 aromatic carbocycles. The number of aromatic nitrogens is 1. The molecule has 1 unspecified atom stereocenters. The Balaban J connectivity index is 1.77. The second-order valence-electron chi connectivity index (χ2n) is 10.4. The molecule has 37 heavy (non-hydrogen) atoms. The number of nitrogens with zero attached hydrogens (tertiary/aromatic N) is 2. The highest BCUT2D eigenvalue weighted by atomic mass is 16.5. The van der Waals surface area contributed by atoms with Gasteiger partial charge in [-0.25, -0.2) is 0 Å². The fourth-order valence-electron chi connectivity index (χ4n) is 5.03. The molecule has 190 valence electrons. The molecule has 1 amide bonds. The van der Waals surface area contributed by atoms with Crippen LogP contribution < -0.4 is 4.74 Å². The van der Waals surface area contributed by atoms with E-state index in [2.05, 4.69) is 20.8 Å². The lowest BCUT2D eigenvalue weighted by Gasteiger charge is -2.25. The quantitative estimate of drug-likeness (QED) is 0.217. The van der Waals surface area contributed by atoms with Crippen molar-refractivity contribution in [2.75, 3.05) is 7.11 Å². The molecule has 1 saturated heterocycles. The van der Waals surface area contributed by atoms with Gasteiger partial charge in [-0.3, -0.25) is 9.59 Å². The number of furan rings is 1. The van der Waals surface area contributed by atoms with Crippen molar-refractivity contribution in [1.29, 1.82) is 0 Å². The smallest absolute Gasteiger partial charge is 0.296 e. The van der Waals surface area contributed by atoms with Crippen LogP contribution in [0.15, 0.2) is 77.0 Å². The van der Waals surface area contributed by atoms with E-state index in [1.54, 1.807) is 18.2 Å². The number of methoxy groups -OCH3 is 1. The number of carbonyl (C=O) groups excluding carboxylic acids is 2. The third-order valence-electron chi connectivity index (χ3n) is 6.99. The number of ether oxygens (including phenoxy) is 1. The number of likely N-dealkylation sites (tertiary alicyclic amines) is 1. The Kier molecular flexibility index (Phi) is 5.94. The predicted octanol–water partition coefficient (Wildman–Crippen LogP) is 5.70. The number of rotatable bonds is 5. The fraction of sp³-hybridized carbons (Fsp3) is 0.267. The highest BCUT2D eigenvalue weighted by molar-refractivity contribution is 6.46. The minimum Gasteiger partial charge on any atom is -0.507 e. The molecule has 3 heterocycles. The van der Waals surface area contributed by atoms with Crippen LogP contribution in [0, 0.1) is 0 Å². The van der Waals surface area contributed by atoms with E-state index in [1.165, 1.54) is 18.3 Å². The minimum absolute atomic E-state index is 0.0252. The van der Waals surface area contributed by atoms with Crippen LogP contribution in [-0.4, -0.2) is 33.4 Å². The van der Waals surface area contributed by atoms with E-state index in [0.717, 1.165) is 22.0 Å². The zero-order valence-corrected chi connectivity index (χ0v) is 21.6. The summed E-state index contributed by atoms with van der Waals surface area (Å²) in [6.45, 7) is 6.28. The van der Waals surface area contributed by atoms with E-state index in [1.807, 2.05) is 54.2 Å². The molecule has 0 radical (unpaired) electrons. The van der Waals surface area contributed by atoms with Gasteiger partial charge in [0.25, 0.3) is 11.7 Å². The van der Waals surface area contributed by atoms with Gasteiger partial charge in [-0.05, 0) is 41.3 Å². The second-order valence-corrected chi connectivity index (χ2v) is 10.4. The molecule has 1 N–H and O–H groups in total. The number of fused-ring (bicyclic) bond motifs is 1. The number of Topliss-reactive ketones (excluding diaryl/α,β-unsaturated/α-hetero) is 1. The third-order valence-corrected chi connectivity index (χ3v) is 6.99. The molecule has 0 spiro atoms. The van der Waals surface area contributed by atoms with Crippen molar-refractivity contribution in [1.82, 2.24) is 9.47 Å². The van der Waals surface area contributed by atoms with Crippen LogP contribution in [-0.2, 0) is 28.6 Å². The monoisotopic (exact) mass is 498 g/mol. The molecule has 1 aliphatic heterocycles. The van der Waals surface area contributed by atoms with Crippen LogP contribution >= 0.6 is 0 Å². The largest absolute Gasteiger partial charge is 0.507 e. The van der Waals surface area contributed by atoms with Crippen molar-refractivity contribution in [2.24, 2.45) is 7.05 Å². The van der Waals surface area contributed by atoms with Gasteiger partial charge in [0, 0.05) is 29.7 Å². The minimum atomic E-state index is -0.820. The molecule has 1 fully saturated rings. The Hall–Kier alpha value is -4.26. The van der Waals surface area contributed by atoms with Gasteiger partial charge in [-0.15, -0.1) is 0 Å². The molecule has 2 aromatic heterocycles. The number of carbonyl (C=O) groups is 2. The van der Waals surface area contributed by atoms with Gasteiger partial charge in [0.05, 0.1) is 37.1 Å². The molecule has 7 nitrogen and oxygen atoms in total. The van der Waals surface area contributed by atoms with Crippen molar-refractivity contribution >= 4 is 28.4 Å². The van der Waals surface area contributed by atoms with E-state index in [9.17, 15) is 14.7 Å². The van der Waals surface area contributed by atoms with Crippen molar-refractivity contribution in [3.8, 4) is 5.75 Å². The maximum absolute atomic E-state index is 13.6. The molecule has 0 saturated carbocycles. The Morgan fingerprint density at radius 3 is 2.51 bits per heavy atom. The van der Waals surface area contributed by atoms with Crippen LogP contribution in [0.2, 0.25) is 0 Å². The zero-order valence-electron chi connectivity index (χ0n) is 21.6. The summed E-state index contributed by atoms with van der Waals surface area (Å²) in [6.07, 6.45) is 3.44. The van der Waals surface area contributed by atoms with E-state index >= 15 is 0 Å². The highest BCUT2D eigenvalue weighted by Crippen LogP contribution is 2.44. The summed E-state index contributed by atoms with van der Waals surface area (Å²) in [6, 6.07) is 16.0. The number of aliphatic hydroxyl groups excluding tert-OH is 1. The molecule has 1 atom stereocenters. The first-order chi connectivity index (χ1) is 17.6. The normalized spacial score (nSPS) is 17.6. The Labute approximate surface area is 215 Å². The molecule has 7 heteroatoms. The lowest BCUT2D eigenvalue weighted by atomic mass is 9.85. The molecule has 0 aliphatic carbocycles. The Morgan fingerprint density at radius 2 is 1.84 bits per heavy atom. The number of ketones is 1. The zero-order chi connectivity index (χ0) is 26.5. The van der Waals surface area contributed by atoms with Gasteiger partial charge in [-0.1, -0.05) is 45.0 Å². The van der Waals surface area contributed by atoms with Crippen molar-refractivity contribution in [3.63, 3.8) is 0 Å². The van der Waals surface area contributed by atoms with Gasteiger partial charge >= 0.3 is 0 Å². The van der Waals surface area contributed by atoms with Crippen LogP contribution in [0.5, 0.6) is 5.75 Å². The summed E-state index contributed by atoms with van der Waals surface area (Å²) in [5.74, 6) is -0.743. The fourth-order valence-corrected chi connectivity index (χ4v) is 5.03. The molecule has 4 aromatic rings. The summed E-state index contributed by atoms with van der Waals surface area (Å²) in [5, 5.41) is 12.6. The summed E-state index contributed by atoms with van der Waals surface area (Å²) in [4.78, 5) is 28.5. The molecule has 1 aliphatic rings. The first-order valence-electron chi connectivity index (χ1n) is 12.2. The number of hydrogen-bond donors (Lipinski definition) is 1. The third kappa shape index (κ3) is 4.10. The SMILES string of the molecule is COc1ccc(C(C)(C)C)cc1/C(O)=C1\C(=O)C(=O)N(Cc2ccco2)C1c1cn(C)c2ccccc12. The second kappa shape index (κ2) is 9.00. The molecule has 0 bridgehead atoms. The summed E-state index contributed by atoms with van der Waals surface area (Å²) >= 11 is 0. The maximum atomic E-state index is 13.6. The van der Waals surface area contributed by atoms with Gasteiger partial charge in [-0.2, -0.15) is 0 Å². The van der Waals surface area contributed by atoms with E-state index in [-0.39, 0.29) is 23.3 Å². The number of hydrogen-bond acceptors (Lipinski definition) is 5. The van der Waals surface area contributed by atoms with Gasteiger partial charge in [0.15, 0.2) is 0 Å². The van der Waals surface area contributed by atoms with Crippen LogP contribution in [0.1, 0.15) is 49.3 Å². The first kappa shape index (κ1) is 24.4. The average molecular weight is 499 g/mol. The molecular weight excluding hydrogens is 468 g/mol. The van der Waals surface area contributed by atoms with E-state index in [0.29, 0.717) is 17.1 Å². The topological polar surface area (TPSA) is 84.9 Å². The number of para-hydroxylation sites is 1. The van der Waals surface area contributed by atoms with Gasteiger partial charge < -0.3 is 23.7 Å². The van der Waals surface area contributed by atoms with Crippen molar-refractivity contribution < 1.29 is 23.8 Å². The number of amides is 1. The summed E-state index contributed by atoms with van der Waals surface area (Å²) in [7, 11) is 3.43. The predicted molar refractivity (Wildman–Crippen MR) is 141 cm³/mol. The molecular formula is C30H30N2O5. The first-order valence-corrected chi connectivity index (χ1v) is 12.2. The van der Waals surface area contributed by atoms with Gasteiger partial charge in [0.2, 0.25) is 0 Å². The van der Waals surface area contributed by atoms with Crippen LogP contribution in [0.25, 0.3) is 16.7 Å². The molecule has 5 rings (SSSR count). The highest BCUT2D eigenvalue weighted by Gasteiger charge is 2.47. The summed E-state index contributed by atoms with van der Waals surface area (Å²) < 4.78 is 13.0. The van der Waals surface area contributed by atoms with Crippen molar-refractivity contribution in [2.45, 2.75) is 38.8 Å². The summed E-state index contributed by atoms with van der Waals surface area (Å²) in [5.41, 5.74) is 2.85. The number of aryl methyl sites for hydroxylation is 1. The standard InChI is InChI=1S/C30H30N2O5/c1-30(2,3)18-12-13-24(36-5)21(15-18)27(33)25-26(22-17-31(4)23-11-7-6-10-20(22)23)32(29(35)28(25)34)16-19-9-8-14-37-19/h6-15,17,26,33H,16H2,1-5H3/b27-25+. The maximum Gasteiger partial charge on any atom is 0.296 e.